The van der Waals surface area contributed by atoms with Gasteiger partial charge in [0.1, 0.15) is 0 Å². The minimum absolute atomic E-state index is 0.0336. The second kappa shape index (κ2) is 6.02. The van der Waals surface area contributed by atoms with Crippen LogP contribution in [0.25, 0.3) is 4.96 Å². The van der Waals surface area contributed by atoms with Crippen LogP contribution in [0.1, 0.15) is 17.4 Å². The van der Waals surface area contributed by atoms with Crippen LogP contribution in [0.15, 0.2) is 10.9 Å². The zero-order valence-electron chi connectivity index (χ0n) is 11.4. The van der Waals surface area contributed by atoms with Gasteiger partial charge in [0, 0.05) is 30.7 Å². The van der Waals surface area contributed by atoms with Crippen molar-refractivity contribution in [2.75, 3.05) is 36.1 Å². The summed E-state index contributed by atoms with van der Waals surface area (Å²) in [5.41, 5.74) is -0.330. The highest BCUT2D eigenvalue weighted by molar-refractivity contribution is 7.99. The van der Waals surface area contributed by atoms with Crippen LogP contribution >= 0.6 is 23.1 Å². The number of nitrogens with zero attached hydrogens (tertiary/aromatic N) is 4. The van der Waals surface area contributed by atoms with E-state index in [1.165, 1.54) is 21.9 Å². The molecule has 3 heterocycles. The largest absolute Gasteiger partial charge is 0.461 e. The molecule has 0 amide bonds. The fourth-order valence-corrected chi connectivity index (χ4v) is 3.85. The van der Waals surface area contributed by atoms with E-state index in [2.05, 4.69) is 15.0 Å². The summed E-state index contributed by atoms with van der Waals surface area (Å²) in [6.45, 7) is 3.77. The number of esters is 1. The molecule has 0 spiro atoms. The molecule has 21 heavy (non-hydrogen) atoms. The van der Waals surface area contributed by atoms with Gasteiger partial charge in [-0.05, 0) is 6.92 Å². The number of aromatic nitrogens is 3. The number of carbonyl (C=O) groups is 1. The fourth-order valence-electron chi connectivity index (χ4n) is 1.99. The molecule has 1 aliphatic heterocycles. The highest BCUT2D eigenvalue weighted by Crippen LogP contribution is 2.24. The highest BCUT2D eigenvalue weighted by atomic mass is 32.2. The molecule has 0 N–H and O–H groups in total. The molecule has 7 nitrogen and oxygen atoms in total. The van der Waals surface area contributed by atoms with E-state index in [0.29, 0.717) is 4.96 Å². The third-order valence-corrected chi connectivity index (χ3v) is 4.91. The minimum atomic E-state index is -0.582. The molecule has 3 rings (SSSR count). The average Bonchev–Trinajstić information content (AvgIpc) is 2.93. The third-order valence-electron chi connectivity index (χ3n) is 3.00. The van der Waals surface area contributed by atoms with Gasteiger partial charge in [-0.15, -0.1) is 5.10 Å². The number of ether oxygens (including phenoxy) is 1. The predicted octanol–water partition coefficient (Wildman–Crippen LogP) is 0.881. The zero-order valence-corrected chi connectivity index (χ0v) is 13.1. The molecule has 1 saturated heterocycles. The molecule has 0 aliphatic carbocycles. The van der Waals surface area contributed by atoms with Crippen molar-refractivity contribution in [3.8, 4) is 0 Å². The van der Waals surface area contributed by atoms with E-state index in [4.69, 9.17) is 4.74 Å². The summed E-state index contributed by atoms with van der Waals surface area (Å²) in [5.74, 6) is 1.51. The Morgan fingerprint density at radius 2 is 2.19 bits per heavy atom. The van der Waals surface area contributed by atoms with Crippen molar-refractivity contribution in [2.24, 2.45) is 0 Å². The van der Waals surface area contributed by atoms with Crippen LogP contribution in [0.3, 0.4) is 0 Å². The fraction of sp³-hybridized carbons (Fsp3) is 0.500. The lowest BCUT2D eigenvalue weighted by atomic mass is 10.4. The predicted molar refractivity (Wildman–Crippen MR) is 82.6 cm³/mol. The number of fused-ring (bicyclic) bond motifs is 1. The number of hydrogen-bond donors (Lipinski definition) is 0. The SMILES string of the molecule is CCOC(=O)c1cc(=O)n2nc(N3CCSCC3)sc2n1. The lowest BCUT2D eigenvalue weighted by Crippen LogP contribution is -2.32. The standard InChI is InChI=1S/C12H14N4O3S2/c1-2-19-10(18)8-7-9(17)16-11(13-8)21-12(14-16)15-3-5-20-6-4-15/h7H,2-6H2,1H3. The Morgan fingerprint density at radius 3 is 2.90 bits per heavy atom. The van der Waals surface area contributed by atoms with Gasteiger partial charge >= 0.3 is 5.97 Å². The average molecular weight is 326 g/mol. The number of hydrogen-bond acceptors (Lipinski definition) is 8. The van der Waals surface area contributed by atoms with Gasteiger partial charge in [-0.3, -0.25) is 4.79 Å². The molecule has 0 atom stereocenters. The van der Waals surface area contributed by atoms with Crippen molar-refractivity contribution in [1.82, 2.24) is 14.6 Å². The summed E-state index contributed by atoms with van der Waals surface area (Å²) in [6, 6.07) is 1.17. The topological polar surface area (TPSA) is 76.8 Å². The molecular formula is C12H14N4O3S2. The molecule has 1 fully saturated rings. The summed E-state index contributed by atoms with van der Waals surface area (Å²) in [4.78, 5) is 30.5. The minimum Gasteiger partial charge on any atom is -0.461 e. The molecular weight excluding hydrogens is 312 g/mol. The summed E-state index contributed by atoms with van der Waals surface area (Å²) in [6.07, 6.45) is 0. The normalized spacial score (nSPS) is 15.4. The van der Waals surface area contributed by atoms with E-state index in [-0.39, 0.29) is 17.9 Å². The lowest BCUT2D eigenvalue weighted by Gasteiger charge is -2.24. The molecule has 0 unspecified atom stereocenters. The quantitative estimate of drug-likeness (QED) is 0.775. The Balaban J connectivity index is 1.98. The van der Waals surface area contributed by atoms with Crippen molar-refractivity contribution in [3.63, 3.8) is 0 Å². The Hall–Kier alpha value is -1.61. The molecule has 2 aromatic rings. The maximum absolute atomic E-state index is 12.0. The number of rotatable bonds is 3. The van der Waals surface area contributed by atoms with Crippen LogP contribution in [-0.2, 0) is 4.74 Å². The number of carbonyl (C=O) groups excluding carboxylic acids is 1. The van der Waals surface area contributed by atoms with Crippen LogP contribution < -0.4 is 10.5 Å². The first kappa shape index (κ1) is 14.3. The monoisotopic (exact) mass is 326 g/mol. The summed E-state index contributed by atoms with van der Waals surface area (Å²) >= 11 is 3.22. The van der Waals surface area contributed by atoms with Crippen LogP contribution in [0.4, 0.5) is 5.13 Å². The lowest BCUT2D eigenvalue weighted by molar-refractivity contribution is 0.0519. The van der Waals surface area contributed by atoms with Crippen molar-refractivity contribution in [2.45, 2.75) is 6.92 Å². The molecule has 0 bridgehead atoms. The maximum Gasteiger partial charge on any atom is 0.357 e. The first-order chi connectivity index (χ1) is 10.2. The van der Waals surface area contributed by atoms with Gasteiger partial charge in [0.2, 0.25) is 10.1 Å². The molecule has 0 saturated carbocycles. The van der Waals surface area contributed by atoms with Crippen LogP contribution in [0.5, 0.6) is 0 Å². The first-order valence-corrected chi connectivity index (χ1v) is 8.57. The second-order valence-corrected chi connectivity index (χ2v) is 6.54. The van der Waals surface area contributed by atoms with Gasteiger partial charge in [0.15, 0.2) is 5.69 Å². The molecule has 0 aromatic carbocycles. The maximum atomic E-state index is 12.0. The van der Waals surface area contributed by atoms with Crippen LogP contribution in [-0.4, -0.2) is 51.8 Å². The summed E-state index contributed by atoms with van der Waals surface area (Å²) in [5, 5.41) is 5.07. The molecule has 112 valence electrons. The van der Waals surface area contributed by atoms with Gasteiger partial charge in [-0.25, -0.2) is 9.78 Å². The van der Waals surface area contributed by atoms with Gasteiger partial charge < -0.3 is 9.64 Å². The van der Waals surface area contributed by atoms with Crippen molar-refractivity contribution < 1.29 is 9.53 Å². The first-order valence-electron chi connectivity index (χ1n) is 6.60. The third kappa shape index (κ3) is 2.88. The van der Waals surface area contributed by atoms with Crippen LogP contribution in [0.2, 0.25) is 0 Å². The van der Waals surface area contributed by atoms with Gasteiger partial charge in [0.25, 0.3) is 5.56 Å². The van der Waals surface area contributed by atoms with E-state index in [1.54, 1.807) is 6.92 Å². The van der Waals surface area contributed by atoms with E-state index < -0.39 is 5.97 Å². The summed E-state index contributed by atoms with van der Waals surface area (Å²) < 4.78 is 6.12. The molecule has 2 aromatic heterocycles. The molecule has 1 aliphatic rings. The van der Waals surface area contributed by atoms with Gasteiger partial charge in [-0.1, -0.05) is 11.3 Å². The Bertz CT molecular complexity index is 721. The van der Waals surface area contributed by atoms with Crippen LogP contribution in [0, 0.1) is 0 Å². The van der Waals surface area contributed by atoms with E-state index >= 15 is 0 Å². The Kier molecular flexibility index (Phi) is 4.11. The van der Waals surface area contributed by atoms with E-state index in [1.807, 2.05) is 11.8 Å². The second-order valence-electron chi connectivity index (χ2n) is 4.38. The van der Waals surface area contributed by atoms with Crippen molar-refractivity contribution in [3.05, 3.63) is 22.1 Å². The van der Waals surface area contributed by atoms with E-state index in [9.17, 15) is 9.59 Å². The number of anilines is 1. The molecule has 9 heteroatoms. The van der Waals surface area contributed by atoms with E-state index in [0.717, 1.165) is 29.7 Å². The van der Waals surface area contributed by atoms with Crippen molar-refractivity contribution >= 4 is 39.2 Å². The Morgan fingerprint density at radius 1 is 1.43 bits per heavy atom. The smallest absolute Gasteiger partial charge is 0.357 e. The summed E-state index contributed by atoms with van der Waals surface area (Å²) in [7, 11) is 0. The van der Waals surface area contributed by atoms with Gasteiger partial charge in [-0.2, -0.15) is 16.3 Å². The zero-order chi connectivity index (χ0) is 14.8. The van der Waals surface area contributed by atoms with Crippen molar-refractivity contribution in [1.29, 1.82) is 0 Å². The Labute approximate surface area is 128 Å². The highest BCUT2D eigenvalue weighted by Gasteiger charge is 2.19. The van der Waals surface area contributed by atoms with Gasteiger partial charge in [0.05, 0.1) is 6.61 Å². The number of thioether (sulfide) groups is 1. The molecule has 0 radical (unpaired) electrons.